The zero-order valence-electron chi connectivity index (χ0n) is 31.5. The topological polar surface area (TPSA) is 197 Å². The highest BCUT2D eigenvalue weighted by Gasteiger charge is 2.51. The summed E-state index contributed by atoms with van der Waals surface area (Å²) in [5.74, 6) is -3.35. The van der Waals surface area contributed by atoms with E-state index in [-0.39, 0.29) is 51.0 Å². The van der Waals surface area contributed by atoms with Gasteiger partial charge in [0.05, 0.1) is 27.2 Å². The van der Waals surface area contributed by atoms with Crippen LogP contribution in [-0.4, -0.2) is 59.5 Å². The summed E-state index contributed by atoms with van der Waals surface area (Å²) in [6, 6.07) is 14.3. The number of pyridine rings is 2. The smallest absolute Gasteiger partial charge is 0.165 e. The van der Waals surface area contributed by atoms with E-state index in [0.29, 0.717) is 15.9 Å². The van der Waals surface area contributed by atoms with Gasteiger partial charge in [-0.2, -0.15) is 0 Å². The number of nitrogens with zero attached hydrogens (tertiary/aromatic N) is 4. The SMILES string of the molecule is CC1(C)C(N)=N[C@](C)(c2nc(Br)ccc2F)CS1(=O)=O.CC1(C)C(N)=N[C@](C)(c2nc(Cc3cccc(Cl)c3F)ccc2F)CS1(=O)=O.Nc1cccc(Cl)c1F. The molecule has 20 heteroatoms. The summed E-state index contributed by atoms with van der Waals surface area (Å²) >= 11 is 14.3. The number of aliphatic imine (C=N–C) groups is 2. The van der Waals surface area contributed by atoms with E-state index in [1.807, 2.05) is 0 Å². The standard InChI is InChI=1S/C19H20ClF2N3O2S.C12H15BrFN3O2S.C6H5ClFN/c1-18(2)17(23)25-19(3,10-28(18,26)27)16-14(21)8-7-12(24-16)9-11-5-4-6-13(20)15(11)22;1-11(2)10(15)17-12(3,6-20(11,18)19)9-7(14)4-5-8(13)16-9;7-4-2-1-3-5(9)6(4)8/h4-8H,9-10H2,1-3H3,(H2,23,25);4-5H,6H2,1-3H3,(H2,15,17);1-3H,9H2/t19-;12-;/m00./s1. The number of halogens is 7. The van der Waals surface area contributed by atoms with Crippen molar-refractivity contribution in [1.82, 2.24) is 9.97 Å². The number of benzene rings is 2. The van der Waals surface area contributed by atoms with Crippen LogP contribution in [0.3, 0.4) is 0 Å². The Kier molecular flexibility index (Phi) is 13.2. The van der Waals surface area contributed by atoms with Crippen LogP contribution in [0.25, 0.3) is 0 Å². The van der Waals surface area contributed by atoms with E-state index >= 15 is 0 Å². The fourth-order valence-electron chi connectivity index (χ4n) is 5.68. The van der Waals surface area contributed by atoms with Crippen LogP contribution < -0.4 is 17.2 Å². The van der Waals surface area contributed by atoms with Gasteiger partial charge in [0.2, 0.25) is 0 Å². The zero-order valence-corrected chi connectivity index (χ0v) is 36.2. The minimum absolute atomic E-state index is 0.0234. The van der Waals surface area contributed by atoms with Gasteiger partial charge in [-0.1, -0.05) is 41.4 Å². The van der Waals surface area contributed by atoms with Crippen molar-refractivity contribution in [2.45, 2.75) is 68.5 Å². The monoisotopic (exact) mass is 935 g/mol. The first-order chi connectivity index (χ1) is 26.1. The van der Waals surface area contributed by atoms with Crippen LogP contribution in [0.15, 0.2) is 75.3 Å². The van der Waals surface area contributed by atoms with Crippen molar-refractivity contribution in [1.29, 1.82) is 0 Å². The molecule has 308 valence electrons. The molecule has 4 aromatic rings. The molecule has 0 bridgehead atoms. The van der Waals surface area contributed by atoms with E-state index in [4.69, 9.17) is 40.4 Å². The van der Waals surface area contributed by atoms with Crippen LogP contribution in [0.4, 0.5) is 23.2 Å². The fourth-order valence-corrected chi connectivity index (χ4v) is 9.70. The van der Waals surface area contributed by atoms with Crippen molar-refractivity contribution in [2.24, 2.45) is 21.5 Å². The number of rotatable bonds is 4. The lowest BCUT2D eigenvalue weighted by molar-refractivity contribution is 0.459. The average Bonchev–Trinajstić information content (AvgIpc) is 3.09. The third-order valence-electron chi connectivity index (χ3n) is 9.59. The Labute approximate surface area is 347 Å². The first kappa shape index (κ1) is 45.9. The van der Waals surface area contributed by atoms with Crippen molar-refractivity contribution in [3.63, 3.8) is 0 Å². The molecule has 2 aromatic heterocycles. The number of anilines is 1. The molecule has 11 nitrogen and oxygen atoms in total. The van der Waals surface area contributed by atoms with Gasteiger partial charge >= 0.3 is 0 Å². The largest absolute Gasteiger partial charge is 0.396 e. The lowest BCUT2D eigenvalue weighted by atomic mass is 9.97. The molecule has 2 aromatic carbocycles. The van der Waals surface area contributed by atoms with E-state index in [0.717, 1.165) is 0 Å². The van der Waals surface area contributed by atoms with E-state index in [1.54, 1.807) is 18.2 Å². The number of nitrogens with two attached hydrogens (primary N) is 3. The normalized spacial score (nSPS) is 22.8. The summed E-state index contributed by atoms with van der Waals surface area (Å²) in [7, 11) is -7.28. The second kappa shape index (κ2) is 16.4. The van der Waals surface area contributed by atoms with Crippen LogP contribution in [-0.2, 0) is 37.2 Å². The molecule has 6 N–H and O–H groups in total. The van der Waals surface area contributed by atoms with Crippen LogP contribution in [0, 0.1) is 23.3 Å². The summed E-state index contributed by atoms with van der Waals surface area (Å²) in [5.41, 5.74) is 14.6. The van der Waals surface area contributed by atoms with E-state index in [1.165, 1.54) is 84.0 Å². The Hall–Kier alpha value is -3.84. The molecule has 0 aliphatic carbocycles. The van der Waals surface area contributed by atoms with Crippen molar-refractivity contribution in [3.8, 4) is 0 Å². The quantitative estimate of drug-likeness (QED) is 0.108. The van der Waals surface area contributed by atoms with E-state index in [2.05, 4.69) is 35.9 Å². The van der Waals surface area contributed by atoms with Crippen LogP contribution in [0.5, 0.6) is 0 Å². The minimum atomic E-state index is -3.71. The van der Waals surface area contributed by atoms with E-state index < -0.39 is 69.3 Å². The minimum Gasteiger partial charge on any atom is -0.396 e. The van der Waals surface area contributed by atoms with Crippen molar-refractivity contribution < 1.29 is 34.4 Å². The first-order valence-corrected chi connectivity index (χ1v) is 21.7. The predicted molar refractivity (Wildman–Crippen MR) is 220 cm³/mol. The summed E-state index contributed by atoms with van der Waals surface area (Å²) in [6.07, 6.45) is 0.0627. The van der Waals surface area contributed by atoms with Gasteiger partial charge in [-0.25, -0.2) is 39.4 Å². The maximum atomic E-state index is 14.6. The van der Waals surface area contributed by atoms with Crippen molar-refractivity contribution in [3.05, 3.63) is 121 Å². The Bertz CT molecular complexity index is 2490. The highest BCUT2D eigenvalue weighted by atomic mass is 79.9. The van der Waals surface area contributed by atoms with Gasteiger partial charge in [0.15, 0.2) is 25.5 Å². The molecule has 0 saturated carbocycles. The summed E-state index contributed by atoms with van der Waals surface area (Å²) in [6.45, 7) is 8.90. The number of hydrogen-bond donors (Lipinski definition) is 3. The average molecular weight is 938 g/mol. The molecule has 0 spiro atoms. The second-order valence-electron chi connectivity index (χ2n) is 14.7. The molecule has 4 heterocycles. The summed E-state index contributed by atoms with van der Waals surface area (Å²) in [5, 5.41) is 0.0415. The van der Waals surface area contributed by atoms with Gasteiger partial charge in [0.1, 0.15) is 65.7 Å². The molecule has 6 rings (SSSR count). The van der Waals surface area contributed by atoms with Gasteiger partial charge in [0, 0.05) is 12.1 Å². The van der Waals surface area contributed by atoms with Gasteiger partial charge in [-0.05, 0) is 106 Å². The van der Waals surface area contributed by atoms with Gasteiger partial charge in [0.25, 0.3) is 0 Å². The van der Waals surface area contributed by atoms with Gasteiger partial charge in [-0.15, -0.1) is 0 Å². The Morgan fingerprint density at radius 3 is 1.54 bits per heavy atom. The molecule has 2 aliphatic rings. The molecule has 2 aliphatic heterocycles. The van der Waals surface area contributed by atoms with Crippen molar-refractivity contribution >= 4 is 76.2 Å². The molecule has 0 fully saturated rings. The maximum absolute atomic E-state index is 14.6. The first-order valence-electron chi connectivity index (χ1n) is 16.9. The van der Waals surface area contributed by atoms with Gasteiger partial charge in [-0.3, -0.25) is 15.0 Å². The number of amidine groups is 2. The molecule has 0 saturated heterocycles. The highest BCUT2D eigenvalue weighted by Crippen LogP contribution is 2.38. The molecule has 0 unspecified atom stereocenters. The number of sulfone groups is 2. The maximum Gasteiger partial charge on any atom is 0.165 e. The molecular formula is C37H40BrCl2F4N7O4S2. The zero-order chi connectivity index (χ0) is 43.1. The lowest BCUT2D eigenvalue weighted by Crippen LogP contribution is -2.55. The number of aromatic nitrogens is 2. The third-order valence-corrected chi connectivity index (χ3v) is 16.0. The van der Waals surface area contributed by atoms with Crippen molar-refractivity contribution in [2.75, 3.05) is 17.2 Å². The van der Waals surface area contributed by atoms with Crippen LogP contribution in [0.2, 0.25) is 10.0 Å². The lowest BCUT2D eigenvalue weighted by Gasteiger charge is -2.37. The third kappa shape index (κ3) is 9.40. The molecule has 0 radical (unpaired) electrons. The molecule has 0 amide bonds. The number of nitrogen functional groups attached to an aromatic ring is 1. The van der Waals surface area contributed by atoms with E-state index in [9.17, 15) is 34.4 Å². The second-order valence-corrected chi connectivity index (χ2v) is 21.4. The molecular weight excluding hydrogens is 897 g/mol. The van der Waals surface area contributed by atoms with Crippen LogP contribution >= 0.6 is 39.1 Å². The molecule has 2 atom stereocenters. The predicted octanol–water partition coefficient (Wildman–Crippen LogP) is 7.21. The Morgan fingerprint density at radius 1 is 0.649 bits per heavy atom. The number of hydrogen-bond acceptors (Lipinski definition) is 11. The summed E-state index contributed by atoms with van der Waals surface area (Å²) < 4.78 is 103. The highest BCUT2D eigenvalue weighted by molar-refractivity contribution is 9.10. The van der Waals surface area contributed by atoms with Gasteiger partial charge < -0.3 is 17.2 Å². The Balaban J connectivity index is 0.000000215. The Morgan fingerprint density at radius 2 is 1.09 bits per heavy atom. The van der Waals surface area contributed by atoms with Crippen LogP contribution in [0.1, 0.15) is 64.2 Å². The summed E-state index contributed by atoms with van der Waals surface area (Å²) in [4.78, 5) is 16.8. The molecule has 57 heavy (non-hydrogen) atoms. The fraction of sp³-hybridized carbons (Fsp3) is 0.351.